The van der Waals surface area contributed by atoms with Crippen LogP contribution >= 0.6 is 0 Å². The topological polar surface area (TPSA) is 55.8 Å². The maximum absolute atomic E-state index is 10.8. The highest BCUT2D eigenvalue weighted by Crippen LogP contribution is 2.31. The van der Waals surface area contributed by atoms with Crippen LogP contribution in [0.3, 0.4) is 0 Å². The number of carboxylic acid groups (broad SMARTS) is 1. The van der Waals surface area contributed by atoms with Gasteiger partial charge in [0.05, 0.1) is 17.6 Å². The molecule has 0 aromatic rings. The zero-order valence-electron chi connectivity index (χ0n) is 8.24. The Kier molecular flexibility index (Phi) is 2.93. The number of hydrogen-bond donors (Lipinski definition) is 1. The molecule has 13 heavy (non-hydrogen) atoms. The van der Waals surface area contributed by atoms with E-state index in [-0.39, 0.29) is 6.10 Å². The third kappa shape index (κ3) is 2.00. The van der Waals surface area contributed by atoms with E-state index in [0.717, 1.165) is 0 Å². The van der Waals surface area contributed by atoms with E-state index in [4.69, 9.17) is 14.6 Å². The van der Waals surface area contributed by atoms with Gasteiger partial charge < -0.3 is 14.6 Å². The summed E-state index contributed by atoms with van der Waals surface area (Å²) in [7, 11) is 1.57. The fraction of sp³-hybridized carbons (Fsp3) is 0.889. The number of aliphatic carboxylic acids is 1. The molecule has 1 aliphatic rings. The number of methoxy groups -OCH3 is 1. The molecule has 1 fully saturated rings. The van der Waals surface area contributed by atoms with Crippen LogP contribution in [-0.4, -0.2) is 36.5 Å². The highest BCUT2D eigenvalue weighted by Gasteiger charge is 2.44. The maximum atomic E-state index is 10.8. The van der Waals surface area contributed by atoms with Crippen molar-refractivity contribution in [3.63, 3.8) is 0 Å². The smallest absolute Gasteiger partial charge is 0.309 e. The predicted molar refractivity (Wildman–Crippen MR) is 46.6 cm³/mol. The van der Waals surface area contributed by atoms with Crippen LogP contribution in [0.5, 0.6) is 0 Å². The molecule has 0 bridgehead atoms. The van der Waals surface area contributed by atoms with Crippen LogP contribution in [0.4, 0.5) is 0 Å². The van der Waals surface area contributed by atoms with Gasteiger partial charge in [-0.15, -0.1) is 0 Å². The third-order valence-corrected chi connectivity index (χ3v) is 2.62. The lowest BCUT2D eigenvalue weighted by Crippen LogP contribution is -2.44. The van der Waals surface area contributed by atoms with Gasteiger partial charge in [0.15, 0.2) is 0 Å². The second kappa shape index (κ2) is 3.64. The summed E-state index contributed by atoms with van der Waals surface area (Å²) in [5.74, 6) is -1.23. The van der Waals surface area contributed by atoms with Gasteiger partial charge in [-0.1, -0.05) is 0 Å². The van der Waals surface area contributed by atoms with Gasteiger partial charge >= 0.3 is 5.97 Å². The van der Waals surface area contributed by atoms with Crippen molar-refractivity contribution in [3.05, 3.63) is 0 Å². The largest absolute Gasteiger partial charge is 0.481 e. The van der Waals surface area contributed by atoms with Gasteiger partial charge in [-0.2, -0.15) is 0 Å². The summed E-state index contributed by atoms with van der Waals surface area (Å²) < 4.78 is 10.6. The average Bonchev–Trinajstić information content (AvgIpc) is 2.52. The number of ether oxygens (including phenoxy) is 2. The minimum Gasteiger partial charge on any atom is -0.481 e. The average molecular weight is 188 g/mol. The number of carboxylic acids is 1. The lowest BCUT2D eigenvalue weighted by Gasteiger charge is -2.31. The number of hydrogen-bond acceptors (Lipinski definition) is 3. The molecule has 0 aromatic carbocycles. The van der Waals surface area contributed by atoms with E-state index >= 15 is 0 Å². The summed E-state index contributed by atoms with van der Waals surface area (Å²) in [5.41, 5.74) is -0.528. The molecular formula is C9H16O4. The second-order valence-corrected chi connectivity index (χ2v) is 3.83. The molecule has 0 saturated carbocycles. The van der Waals surface area contributed by atoms with E-state index in [9.17, 15) is 4.79 Å². The van der Waals surface area contributed by atoms with Crippen LogP contribution < -0.4 is 0 Å². The fourth-order valence-corrected chi connectivity index (χ4v) is 1.64. The molecule has 1 heterocycles. The minimum absolute atomic E-state index is 0.338. The van der Waals surface area contributed by atoms with Crippen molar-refractivity contribution in [1.82, 2.24) is 0 Å². The van der Waals surface area contributed by atoms with Crippen LogP contribution in [0, 0.1) is 5.92 Å². The van der Waals surface area contributed by atoms with Gasteiger partial charge in [-0.25, -0.2) is 0 Å². The number of carbonyl (C=O) groups is 1. The van der Waals surface area contributed by atoms with Crippen molar-refractivity contribution in [2.75, 3.05) is 13.7 Å². The summed E-state index contributed by atoms with van der Waals surface area (Å²) in [6.45, 7) is 4.20. The third-order valence-electron chi connectivity index (χ3n) is 2.62. The first kappa shape index (κ1) is 10.5. The van der Waals surface area contributed by atoms with E-state index < -0.39 is 17.5 Å². The Hall–Kier alpha value is -0.610. The Morgan fingerprint density at radius 1 is 1.62 bits per heavy atom. The van der Waals surface area contributed by atoms with Crippen LogP contribution in [0.1, 0.15) is 20.3 Å². The fourth-order valence-electron chi connectivity index (χ4n) is 1.64. The predicted octanol–water partition coefficient (Wildman–Crippen LogP) is 0.901. The van der Waals surface area contributed by atoms with Crippen LogP contribution in [0.15, 0.2) is 0 Å². The van der Waals surface area contributed by atoms with E-state index in [1.165, 1.54) is 0 Å². The molecule has 2 atom stereocenters. The van der Waals surface area contributed by atoms with Crippen LogP contribution in [-0.2, 0) is 14.3 Å². The SMILES string of the molecule is COC(C)(C)C1OCCC1C(=O)O. The van der Waals surface area contributed by atoms with Crippen molar-refractivity contribution in [2.45, 2.75) is 32.0 Å². The molecule has 0 radical (unpaired) electrons. The molecule has 4 heteroatoms. The van der Waals surface area contributed by atoms with Crippen molar-refractivity contribution in [1.29, 1.82) is 0 Å². The van der Waals surface area contributed by atoms with Gasteiger partial charge in [-0.05, 0) is 20.3 Å². The van der Waals surface area contributed by atoms with Gasteiger partial charge in [0.1, 0.15) is 0 Å². The zero-order valence-corrected chi connectivity index (χ0v) is 8.24. The lowest BCUT2D eigenvalue weighted by molar-refractivity contribution is -0.152. The van der Waals surface area contributed by atoms with E-state index in [2.05, 4.69) is 0 Å². The first-order valence-corrected chi connectivity index (χ1v) is 4.38. The van der Waals surface area contributed by atoms with Crippen molar-refractivity contribution < 1.29 is 19.4 Å². The quantitative estimate of drug-likeness (QED) is 0.715. The van der Waals surface area contributed by atoms with Crippen LogP contribution in [0.2, 0.25) is 0 Å². The lowest BCUT2D eigenvalue weighted by atomic mass is 9.89. The Morgan fingerprint density at radius 3 is 2.69 bits per heavy atom. The second-order valence-electron chi connectivity index (χ2n) is 3.83. The van der Waals surface area contributed by atoms with Gasteiger partial charge in [0.2, 0.25) is 0 Å². The zero-order chi connectivity index (χ0) is 10.1. The summed E-state index contributed by atoms with van der Waals surface area (Å²) in [6.07, 6.45) is 0.238. The Morgan fingerprint density at radius 2 is 2.23 bits per heavy atom. The highest BCUT2D eigenvalue weighted by molar-refractivity contribution is 5.71. The minimum atomic E-state index is -0.798. The monoisotopic (exact) mass is 188 g/mol. The maximum Gasteiger partial charge on any atom is 0.309 e. The Labute approximate surface area is 77.8 Å². The van der Waals surface area contributed by atoms with Crippen molar-refractivity contribution in [3.8, 4) is 0 Å². The summed E-state index contributed by atoms with van der Waals surface area (Å²) in [6, 6.07) is 0. The molecular weight excluding hydrogens is 172 g/mol. The molecule has 1 rings (SSSR count). The van der Waals surface area contributed by atoms with Gasteiger partial charge in [-0.3, -0.25) is 4.79 Å². The van der Waals surface area contributed by atoms with Gasteiger partial charge in [0.25, 0.3) is 0 Å². The summed E-state index contributed by atoms with van der Waals surface area (Å²) >= 11 is 0. The molecule has 76 valence electrons. The molecule has 0 spiro atoms. The first-order valence-electron chi connectivity index (χ1n) is 4.38. The molecule has 1 saturated heterocycles. The molecule has 0 aliphatic carbocycles. The van der Waals surface area contributed by atoms with Crippen molar-refractivity contribution in [2.24, 2.45) is 5.92 Å². The highest BCUT2D eigenvalue weighted by atomic mass is 16.5. The summed E-state index contributed by atoms with van der Waals surface area (Å²) in [4.78, 5) is 10.8. The van der Waals surface area contributed by atoms with Crippen LogP contribution in [0.25, 0.3) is 0 Å². The first-order chi connectivity index (χ1) is 5.99. The van der Waals surface area contributed by atoms with Gasteiger partial charge in [0, 0.05) is 13.7 Å². The van der Waals surface area contributed by atoms with E-state index in [0.29, 0.717) is 13.0 Å². The molecule has 0 aromatic heterocycles. The van der Waals surface area contributed by atoms with E-state index in [1.807, 2.05) is 13.8 Å². The van der Waals surface area contributed by atoms with E-state index in [1.54, 1.807) is 7.11 Å². The standard InChI is InChI=1S/C9H16O4/c1-9(2,12-3)7-6(8(10)11)4-5-13-7/h6-7H,4-5H2,1-3H3,(H,10,11). The summed E-state index contributed by atoms with van der Waals surface area (Å²) in [5, 5.41) is 8.91. The Balaban J connectivity index is 2.73. The number of rotatable bonds is 3. The Bertz CT molecular complexity index is 200. The molecule has 1 N–H and O–H groups in total. The molecule has 1 aliphatic heterocycles. The molecule has 0 amide bonds. The van der Waals surface area contributed by atoms with Crippen molar-refractivity contribution >= 4 is 5.97 Å². The molecule has 4 nitrogen and oxygen atoms in total. The molecule has 2 unspecified atom stereocenters. The normalized spacial score (nSPS) is 29.2.